The quantitative estimate of drug-likeness (QED) is 0.857. The van der Waals surface area contributed by atoms with Crippen molar-refractivity contribution in [3.8, 4) is 0 Å². The molecule has 0 aliphatic carbocycles. The molecule has 2 aromatic rings. The molecule has 0 unspecified atom stereocenters. The average molecular weight is 333 g/mol. The number of halogens is 2. The average Bonchev–Trinajstić information content (AvgIpc) is 2.54. The van der Waals surface area contributed by atoms with Crippen LogP contribution in [-0.2, 0) is 6.54 Å². The first-order valence-corrected chi connectivity index (χ1v) is 7.94. The van der Waals surface area contributed by atoms with Gasteiger partial charge in [-0.3, -0.25) is 4.90 Å². The Hall–Kier alpha value is -2.28. The summed E-state index contributed by atoms with van der Waals surface area (Å²) in [5, 5.41) is 0. The summed E-state index contributed by atoms with van der Waals surface area (Å²) in [7, 11) is 3.82. The third kappa shape index (κ3) is 3.97. The largest absolute Gasteiger partial charge is 0.354 e. The molecular formula is C17H21F2N5. The number of benzene rings is 1. The minimum Gasteiger partial charge on any atom is -0.354 e. The van der Waals surface area contributed by atoms with Crippen LogP contribution in [0.4, 0.5) is 20.5 Å². The summed E-state index contributed by atoms with van der Waals surface area (Å²) in [6.07, 6.45) is 1.76. The highest BCUT2D eigenvalue weighted by Gasteiger charge is 2.19. The molecule has 24 heavy (non-hydrogen) atoms. The molecule has 1 aromatic carbocycles. The molecule has 1 saturated heterocycles. The lowest BCUT2D eigenvalue weighted by atomic mass is 10.2. The van der Waals surface area contributed by atoms with Gasteiger partial charge in [0.1, 0.15) is 17.5 Å². The maximum atomic E-state index is 13.3. The molecule has 0 atom stereocenters. The molecule has 0 spiro atoms. The molecule has 1 fully saturated rings. The van der Waals surface area contributed by atoms with Gasteiger partial charge in [0.05, 0.1) is 0 Å². The van der Waals surface area contributed by atoms with Crippen LogP contribution in [0, 0.1) is 11.6 Å². The number of hydrogen-bond donors (Lipinski definition) is 0. The Kier molecular flexibility index (Phi) is 4.89. The molecule has 5 nitrogen and oxygen atoms in total. The van der Waals surface area contributed by atoms with Crippen molar-refractivity contribution in [2.75, 3.05) is 50.1 Å². The van der Waals surface area contributed by atoms with E-state index < -0.39 is 11.6 Å². The van der Waals surface area contributed by atoms with Crippen LogP contribution >= 0.6 is 0 Å². The first-order chi connectivity index (χ1) is 11.5. The fourth-order valence-corrected chi connectivity index (χ4v) is 2.83. The third-order valence-corrected chi connectivity index (χ3v) is 4.05. The summed E-state index contributed by atoms with van der Waals surface area (Å²) >= 11 is 0. The predicted molar refractivity (Wildman–Crippen MR) is 90.2 cm³/mol. The molecule has 1 aromatic heterocycles. The summed E-state index contributed by atoms with van der Waals surface area (Å²) in [4.78, 5) is 15.1. The molecule has 1 aliphatic rings. The van der Waals surface area contributed by atoms with Crippen LogP contribution in [-0.4, -0.2) is 55.1 Å². The highest BCUT2D eigenvalue weighted by atomic mass is 19.1. The fraction of sp³-hybridized carbons (Fsp3) is 0.412. The van der Waals surface area contributed by atoms with Gasteiger partial charge in [-0.2, -0.15) is 4.98 Å². The molecule has 128 valence electrons. The maximum absolute atomic E-state index is 13.3. The van der Waals surface area contributed by atoms with E-state index in [1.807, 2.05) is 25.1 Å². The normalized spacial score (nSPS) is 15.6. The van der Waals surface area contributed by atoms with Crippen LogP contribution < -0.4 is 9.80 Å². The second kappa shape index (κ2) is 7.09. The molecule has 0 saturated carbocycles. The molecule has 0 radical (unpaired) electrons. The van der Waals surface area contributed by atoms with Gasteiger partial charge in [0.25, 0.3) is 0 Å². The van der Waals surface area contributed by atoms with Gasteiger partial charge >= 0.3 is 0 Å². The summed E-state index contributed by atoms with van der Waals surface area (Å²) in [5.74, 6) is 0.539. The maximum Gasteiger partial charge on any atom is 0.226 e. The van der Waals surface area contributed by atoms with Crippen molar-refractivity contribution in [3.05, 3.63) is 47.7 Å². The van der Waals surface area contributed by atoms with Gasteiger partial charge in [0.15, 0.2) is 0 Å². The summed E-state index contributed by atoms with van der Waals surface area (Å²) in [6, 6.07) is 5.59. The Balaban J connectivity index is 1.60. The van der Waals surface area contributed by atoms with Crippen LogP contribution in [0.2, 0.25) is 0 Å². The Morgan fingerprint density at radius 2 is 1.71 bits per heavy atom. The second-order valence-corrected chi connectivity index (χ2v) is 6.15. The van der Waals surface area contributed by atoms with Crippen molar-refractivity contribution in [2.45, 2.75) is 6.54 Å². The lowest BCUT2D eigenvalue weighted by Gasteiger charge is -2.35. The Morgan fingerprint density at radius 1 is 1.04 bits per heavy atom. The summed E-state index contributed by atoms with van der Waals surface area (Å²) < 4.78 is 26.6. The van der Waals surface area contributed by atoms with E-state index in [2.05, 4.69) is 19.8 Å². The Morgan fingerprint density at radius 3 is 2.33 bits per heavy atom. The number of nitrogens with zero attached hydrogens (tertiary/aromatic N) is 5. The summed E-state index contributed by atoms with van der Waals surface area (Å²) in [6.45, 7) is 3.83. The SMILES string of the molecule is CN(C)c1nccc(N2CCN(Cc3cc(F)cc(F)c3)CC2)n1. The number of rotatable bonds is 4. The topological polar surface area (TPSA) is 35.5 Å². The van der Waals surface area contributed by atoms with E-state index in [9.17, 15) is 8.78 Å². The Labute approximate surface area is 140 Å². The number of anilines is 2. The highest BCUT2D eigenvalue weighted by Crippen LogP contribution is 2.17. The molecule has 7 heteroatoms. The lowest BCUT2D eigenvalue weighted by molar-refractivity contribution is 0.248. The minimum absolute atomic E-state index is 0.527. The monoisotopic (exact) mass is 333 g/mol. The van der Waals surface area contributed by atoms with Crippen molar-refractivity contribution < 1.29 is 8.78 Å². The van der Waals surface area contributed by atoms with Gasteiger partial charge in [-0.1, -0.05) is 0 Å². The smallest absolute Gasteiger partial charge is 0.226 e. The molecule has 1 aliphatic heterocycles. The van der Waals surface area contributed by atoms with Crippen LogP contribution in [0.3, 0.4) is 0 Å². The highest BCUT2D eigenvalue weighted by molar-refractivity contribution is 5.43. The van der Waals surface area contributed by atoms with Crippen LogP contribution in [0.25, 0.3) is 0 Å². The van der Waals surface area contributed by atoms with Gasteiger partial charge in [0, 0.05) is 59.1 Å². The van der Waals surface area contributed by atoms with Crippen LogP contribution in [0.5, 0.6) is 0 Å². The first-order valence-electron chi connectivity index (χ1n) is 7.94. The lowest BCUT2D eigenvalue weighted by Crippen LogP contribution is -2.46. The Bertz CT molecular complexity index is 679. The van der Waals surface area contributed by atoms with E-state index in [-0.39, 0.29) is 0 Å². The molecule has 3 rings (SSSR count). The van der Waals surface area contributed by atoms with Crippen LogP contribution in [0.15, 0.2) is 30.5 Å². The van der Waals surface area contributed by atoms with E-state index in [0.29, 0.717) is 18.1 Å². The van der Waals surface area contributed by atoms with Gasteiger partial charge in [-0.15, -0.1) is 0 Å². The molecular weight excluding hydrogens is 312 g/mol. The van der Waals surface area contributed by atoms with Crippen molar-refractivity contribution in [3.63, 3.8) is 0 Å². The molecule has 0 amide bonds. The van der Waals surface area contributed by atoms with Crippen LogP contribution in [0.1, 0.15) is 5.56 Å². The van der Waals surface area contributed by atoms with Gasteiger partial charge in [-0.25, -0.2) is 13.8 Å². The second-order valence-electron chi connectivity index (χ2n) is 6.15. The van der Waals surface area contributed by atoms with E-state index in [4.69, 9.17) is 0 Å². The number of hydrogen-bond acceptors (Lipinski definition) is 5. The van der Waals surface area contributed by atoms with Gasteiger partial charge < -0.3 is 9.80 Å². The van der Waals surface area contributed by atoms with E-state index in [1.165, 1.54) is 12.1 Å². The van der Waals surface area contributed by atoms with Crippen molar-refractivity contribution in [2.24, 2.45) is 0 Å². The van der Waals surface area contributed by atoms with Gasteiger partial charge in [0.2, 0.25) is 5.95 Å². The standard InChI is InChI=1S/C17H21F2N5/c1-22(2)17-20-4-3-16(21-17)24-7-5-23(6-8-24)12-13-9-14(18)11-15(19)10-13/h3-4,9-11H,5-8,12H2,1-2H3. The first kappa shape index (κ1) is 16.6. The van der Waals surface area contributed by atoms with Gasteiger partial charge in [-0.05, 0) is 23.8 Å². The summed E-state index contributed by atoms with van der Waals surface area (Å²) in [5.41, 5.74) is 0.665. The number of piperazine rings is 1. The van der Waals surface area contributed by atoms with Crippen molar-refractivity contribution in [1.29, 1.82) is 0 Å². The van der Waals surface area contributed by atoms with E-state index in [0.717, 1.165) is 38.1 Å². The number of aromatic nitrogens is 2. The fourth-order valence-electron chi connectivity index (χ4n) is 2.83. The minimum atomic E-state index is -0.527. The van der Waals surface area contributed by atoms with Crippen molar-refractivity contribution >= 4 is 11.8 Å². The molecule has 0 N–H and O–H groups in total. The molecule has 0 bridgehead atoms. The van der Waals surface area contributed by atoms with Crippen molar-refractivity contribution in [1.82, 2.24) is 14.9 Å². The zero-order chi connectivity index (χ0) is 17.1. The van der Waals surface area contributed by atoms with E-state index >= 15 is 0 Å². The third-order valence-electron chi connectivity index (χ3n) is 4.05. The molecule has 2 heterocycles. The zero-order valence-electron chi connectivity index (χ0n) is 13.9. The van der Waals surface area contributed by atoms with E-state index in [1.54, 1.807) is 6.20 Å². The zero-order valence-corrected chi connectivity index (χ0v) is 13.9. The predicted octanol–water partition coefficient (Wildman–Crippen LogP) is 2.14.